The first-order chi connectivity index (χ1) is 13.3. The Hall–Kier alpha value is -3.59. The first-order valence-corrected chi connectivity index (χ1v) is 8.96. The lowest BCUT2D eigenvalue weighted by molar-refractivity contribution is 0.0942. The zero-order valence-electron chi connectivity index (χ0n) is 14.8. The van der Waals surface area contributed by atoms with Crippen molar-refractivity contribution in [3.63, 3.8) is 0 Å². The summed E-state index contributed by atoms with van der Waals surface area (Å²) in [6.07, 6.45) is 2.02. The highest BCUT2D eigenvalue weighted by atomic mass is 16.1. The van der Waals surface area contributed by atoms with Crippen molar-refractivity contribution in [3.05, 3.63) is 126 Å². The maximum atomic E-state index is 12.9. The number of amides is 1. The van der Waals surface area contributed by atoms with Crippen LogP contribution in [0.2, 0.25) is 0 Å². The molecule has 0 saturated carbocycles. The van der Waals surface area contributed by atoms with Crippen LogP contribution in [0.3, 0.4) is 0 Å². The van der Waals surface area contributed by atoms with Crippen LogP contribution in [0.25, 0.3) is 5.69 Å². The molecule has 3 aromatic carbocycles. The van der Waals surface area contributed by atoms with Crippen molar-refractivity contribution in [1.82, 2.24) is 9.88 Å². The molecule has 4 aromatic rings. The number of carbonyl (C=O) groups excluding carboxylic acids is 1. The Morgan fingerprint density at radius 2 is 1.30 bits per heavy atom. The number of aromatic nitrogens is 1. The van der Waals surface area contributed by atoms with Gasteiger partial charge in [-0.1, -0.05) is 66.7 Å². The number of rotatable bonds is 5. The highest BCUT2D eigenvalue weighted by molar-refractivity contribution is 5.94. The van der Waals surface area contributed by atoms with Gasteiger partial charge in [-0.25, -0.2) is 0 Å². The van der Waals surface area contributed by atoms with E-state index in [-0.39, 0.29) is 11.9 Å². The van der Waals surface area contributed by atoms with Gasteiger partial charge in [0.2, 0.25) is 0 Å². The molecule has 1 unspecified atom stereocenters. The van der Waals surface area contributed by atoms with Gasteiger partial charge in [-0.2, -0.15) is 0 Å². The molecule has 0 radical (unpaired) electrons. The molecule has 4 rings (SSSR count). The lowest BCUT2D eigenvalue weighted by atomic mass is 10.0. The molecule has 0 bridgehead atoms. The summed E-state index contributed by atoms with van der Waals surface area (Å²) in [6, 6.07) is 33.3. The quantitative estimate of drug-likeness (QED) is 0.539. The van der Waals surface area contributed by atoms with Crippen LogP contribution in [-0.2, 0) is 0 Å². The lowest BCUT2D eigenvalue weighted by Crippen LogP contribution is -2.30. The van der Waals surface area contributed by atoms with Crippen LogP contribution >= 0.6 is 0 Å². The van der Waals surface area contributed by atoms with Crippen molar-refractivity contribution in [2.75, 3.05) is 0 Å². The summed E-state index contributed by atoms with van der Waals surface area (Å²) in [4.78, 5) is 12.9. The SMILES string of the molecule is O=C(NC(c1ccccc1)c1cccn1-c1ccccc1)c1ccccc1. The van der Waals surface area contributed by atoms with E-state index in [0.717, 1.165) is 16.9 Å². The summed E-state index contributed by atoms with van der Waals surface area (Å²) in [5.41, 5.74) is 3.76. The van der Waals surface area contributed by atoms with Crippen molar-refractivity contribution in [1.29, 1.82) is 0 Å². The van der Waals surface area contributed by atoms with Gasteiger partial charge < -0.3 is 9.88 Å². The van der Waals surface area contributed by atoms with Crippen LogP contribution in [-0.4, -0.2) is 10.5 Å². The second-order valence-electron chi connectivity index (χ2n) is 6.32. The van der Waals surface area contributed by atoms with E-state index in [9.17, 15) is 4.79 Å². The van der Waals surface area contributed by atoms with Crippen LogP contribution in [0, 0.1) is 0 Å². The van der Waals surface area contributed by atoms with E-state index in [1.165, 1.54) is 0 Å². The average molecular weight is 352 g/mol. The summed E-state index contributed by atoms with van der Waals surface area (Å²) in [5, 5.41) is 3.20. The zero-order chi connectivity index (χ0) is 18.5. The number of para-hydroxylation sites is 1. The normalized spacial score (nSPS) is 11.7. The Kier molecular flexibility index (Phi) is 4.84. The fourth-order valence-electron chi connectivity index (χ4n) is 3.23. The van der Waals surface area contributed by atoms with E-state index in [0.29, 0.717) is 5.56 Å². The fourth-order valence-corrected chi connectivity index (χ4v) is 3.23. The second-order valence-corrected chi connectivity index (χ2v) is 6.32. The molecule has 0 saturated heterocycles. The Morgan fingerprint density at radius 3 is 1.96 bits per heavy atom. The van der Waals surface area contributed by atoms with Gasteiger partial charge in [-0.05, 0) is 42.0 Å². The number of nitrogens with zero attached hydrogens (tertiary/aromatic N) is 1. The Balaban J connectivity index is 1.74. The molecule has 1 aromatic heterocycles. The zero-order valence-corrected chi connectivity index (χ0v) is 14.8. The van der Waals surface area contributed by atoms with Gasteiger partial charge in [0, 0.05) is 23.1 Å². The molecule has 3 nitrogen and oxygen atoms in total. The van der Waals surface area contributed by atoms with E-state index in [4.69, 9.17) is 0 Å². The molecule has 0 aliphatic carbocycles. The summed E-state index contributed by atoms with van der Waals surface area (Å²) < 4.78 is 2.11. The minimum absolute atomic E-state index is 0.0923. The molecule has 1 N–H and O–H groups in total. The molecule has 1 heterocycles. The molecule has 3 heteroatoms. The van der Waals surface area contributed by atoms with Crippen molar-refractivity contribution in [2.24, 2.45) is 0 Å². The molecule has 1 atom stereocenters. The van der Waals surface area contributed by atoms with Crippen molar-refractivity contribution < 1.29 is 4.79 Å². The summed E-state index contributed by atoms with van der Waals surface area (Å²) in [5.74, 6) is -0.0923. The predicted molar refractivity (Wildman–Crippen MR) is 108 cm³/mol. The maximum absolute atomic E-state index is 12.9. The lowest BCUT2D eigenvalue weighted by Gasteiger charge is -2.22. The molecule has 1 amide bonds. The van der Waals surface area contributed by atoms with Gasteiger partial charge in [-0.15, -0.1) is 0 Å². The predicted octanol–water partition coefficient (Wildman–Crippen LogP) is 5.00. The first-order valence-electron chi connectivity index (χ1n) is 8.96. The van der Waals surface area contributed by atoms with Gasteiger partial charge in [0.25, 0.3) is 5.91 Å². The minimum Gasteiger partial charge on any atom is -0.340 e. The molecule has 132 valence electrons. The monoisotopic (exact) mass is 352 g/mol. The standard InChI is InChI=1S/C24H20N2O/c27-24(20-13-6-2-7-14-20)25-23(19-11-4-1-5-12-19)22-17-10-18-26(22)21-15-8-3-9-16-21/h1-18,23H,(H,25,27). The van der Waals surface area contributed by atoms with Crippen molar-refractivity contribution in [2.45, 2.75) is 6.04 Å². The van der Waals surface area contributed by atoms with Gasteiger partial charge >= 0.3 is 0 Å². The Bertz CT molecular complexity index is 1010. The number of carbonyl (C=O) groups is 1. The topological polar surface area (TPSA) is 34.0 Å². The van der Waals surface area contributed by atoms with Crippen LogP contribution in [0.15, 0.2) is 109 Å². The number of hydrogen-bond donors (Lipinski definition) is 1. The molecule has 27 heavy (non-hydrogen) atoms. The third-order valence-corrected chi connectivity index (χ3v) is 4.55. The van der Waals surface area contributed by atoms with E-state index >= 15 is 0 Å². The number of hydrogen-bond acceptors (Lipinski definition) is 1. The summed E-state index contributed by atoms with van der Waals surface area (Å²) >= 11 is 0. The molecular weight excluding hydrogens is 332 g/mol. The molecule has 0 aliphatic heterocycles. The smallest absolute Gasteiger partial charge is 0.252 e. The largest absolute Gasteiger partial charge is 0.340 e. The van der Waals surface area contributed by atoms with Crippen LogP contribution in [0.4, 0.5) is 0 Å². The Morgan fingerprint density at radius 1 is 0.704 bits per heavy atom. The van der Waals surface area contributed by atoms with E-state index in [1.54, 1.807) is 0 Å². The van der Waals surface area contributed by atoms with Crippen LogP contribution in [0.5, 0.6) is 0 Å². The second kappa shape index (κ2) is 7.75. The average Bonchev–Trinajstić information content (AvgIpc) is 3.23. The molecule has 0 fully saturated rings. The third-order valence-electron chi connectivity index (χ3n) is 4.55. The van der Waals surface area contributed by atoms with Gasteiger partial charge in [0.1, 0.15) is 0 Å². The van der Waals surface area contributed by atoms with Crippen LogP contribution < -0.4 is 5.32 Å². The molecule has 0 spiro atoms. The highest BCUT2D eigenvalue weighted by Gasteiger charge is 2.21. The van der Waals surface area contributed by atoms with Crippen molar-refractivity contribution >= 4 is 5.91 Å². The highest BCUT2D eigenvalue weighted by Crippen LogP contribution is 2.25. The van der Waals surface area contributed by atoms with Crippen molar-refractivity contribution in [3.8, 4) is 5.69 Å². The number of nitrogens with one attached hydrogen (secondary N) is 1. The number of benzene rings is 3. The minimum atomic E-state index is -0.255. The van der Waals surface area contributed by atoms with Gasteiger partial charge in [-0.3, -0.25) is 4.79 Å². The third kappa shape index (κ3) is 3.67. The van der Waals surface area contributed by atoms with E-state index in [1.807, 2.05) is 91.1 Å². The van der Waals surface area contributed by atoms with E-state index in [2.05, 4.69) is 28.1 Å². The molecular formula is C24H20N2O. The maximum Gasteiger partial charge on any atom is 0.252 e. The van der Waals surface area contributed by atoms with Crippen LogP contribution in [0.1, 0.15) is 27.7 Å². The first kappa shape index (κ1) is 16.9. The van der Waals surface area contributed by atoms with Gasteiger partial charge in [0.05, 0.1) is 6.04 Å². The Labute approximate surface area is 158 Å². The fraction of sp³-hybridized carbons (Fsp3) is 0.0417. The summed E-state index contributed by atoms with van der Waals surface area (Å²) in [7, 11) is 0. The van der Waals surface area contributed by atoms with E-state index < -0.39 is 0 Å². The van der Waals surface area contributed by atoms with Gasteiger partial charge in [0.15, 0.2) is 0 Å². The summed E-state index contributed by atoms with van der Waals surface area (Å²) in [6.45, 7) is 0. The molecule has 0 aliphatic rings.